The molecule has 0 radical (unpaired) electrons. The number of benzene rings is 1. The Morgan fingerprint density at radius 1 is 1.33 bits per heavy atom. The molecule has 2 atom stereocenters. The van der Waals surface area contributed by atoms with E-state index in [4.69, 9.17) is 15.9 Å². The van der Waals surface area contributed by atoms with Crippen LogP contribution in [0.15, 0.2) is 30.3 Å². The first-order valence-electron chi connectivity index (χ1n) is 4.81. The maximum absolute atomic E-state index is 10.4. The number of rotatable bonds is 5. The van der Waals surface area contributed by atoms with Gasteiger partial charge in [-0.25, -0.2) is 4.79 Å². The van der Waals surface area contributed by atoms with Gasteiger partial charge in [0.2, 0.25) is 0 Å². The molecule has 82 valence electrons. The molecule has 2 unspecified atom stereocenters. The van der Waals surface area contributed by atoms with Crippen molar-refractivity contribution in [2.75, 3.05) is 0 Å². The monoisotopic (exact) mass is 209 g/mol. The van der Waals surface area contributed by atoms with Crippen molar-refractivity contribution < 1.29 is 15.0 Å². The summed E-state index contributed by atoms with van der Waals surface area (Å²) in [6.45, 7) is 0. The van der Waals surface area contributed by atoms with Gasteiger partial charge in [0.1, 0.15) is 0 Å². The van der Waals surface area contributed by atoms with E-state index in [0.29, 0.717) is 12.8 Å². The topological polar surface area (TPSA) is 83.5 Å². The summed E-state index contributed by atoms with van der Waals surface area (Å²) < 4.78 is 0. The normalized spacial score (nSPS) is 14.5. The van der Waals surface area contributed by atoms with Gasteiger partial charge in [0.05, 0.1) is 0 Å². The fourth-order valence-electron chi connectivity index (χ4n) is 1.32. The molecule has 4 nitrogen and oxygen atoms in total. The number of aryl methyl sites for hydroxylation is 1. The van der Waals surface area contributed by atoms with Crippen LogP contribution in [0.2, 0.25) is 0 Å². The van der Waals surface area contributed by atoms with E-state index in [2.05, 4.69) is 0 Å². The lowest BCUT2D eigenvalue weighted by Gasteiger charge is -2.14. The molecule has 0 amide bonds. The molecule has 4 N–H and O–H groups in total. The van der Waals surface area contributed by atoms with Crippen LogP contribution in [-0.2, 0) is 11.2 Å². The van der Waals surface area contributed by atoms with Crippen molar-refractivity contribution in [1.82, 2.24) is 0 Å². The Kier molecular flexibility index (Phi) is 4.27. The van der Waals surface area contributed by atoms with Gasteiger partial charge in [-0.15, -0.1) is 0 Å². The molecular formula is C11H15NO3. The molecule has 0 saturated carbocycles. The lowest BCUT2D eigenvalue weighted by Crippen LogP contribution is -2.40. The Labute approximate surface area is 88.3 Å². The lowest BCUT2D eigenvalue weighted by molar-refractivity contribution is -0.147. The molecule has 0 aromatic heterocycles. The van der Waals surface area contributed by atoms with Crippen LogP contribution in [0.25, 0.3) is 0 Å². The van der Waals surface area contributed by atoms with Gasteiger partial charge in [-0.1, -0.05) is 30.3 Å². The largest absolute Gasteiger partial charge is 0.479 e. The number of carbonyl (C=O) groups is 1. The molecule has 1 aromatic rings. The minimum absolute atomic E-state index is 0.456. The first kappa shape index (κ1) is 11.7. The maximum Gasteiger partial charge on any atom is 0.334 e. The van der Waals surface area contributed by atoms with Gasteiger partial charge in [0.15, 0.2) is 6.10 Å². The Morgan fingerprint density at radius 2 is 1.93 bits per heavy atom. The van der Waals surface area contributed by atoms with Crippen molar-refractivity contribution in [2.45, 2.75) is 25.0 Å². The highest BCUT2D eigenvalue weighted by Crippen LogP contribution is 2.06. The second-order valence-corrected chi connectivity index (χ2v) is 3.47. The van der Waals surface area contributed by atoms with Gasteiger partial charge < -0.3 is 15.9 Å². The second-order valence-electron chi connectivity index (χ2n) is 3.47. The zero-order valence-corrected chi connectivity index (χ0v) is 8.34. The molecule has 0 bridgehead atoms. The molecule has 1 rings (SSSR count). The highest BCUT2D eigenvalue weighted by molar-refractivity contribution is 5.72. The number of aliphatic carboxylic acids is 1. The molecule has 4 heteroatoms. The highest BCUT2D eigenvalue weighted by atomic mass is 16.4. The van der Waals surface area contributed by atoms with E-state index in [1.807, 2.05) is 30.3 Å². The molecule has 0 heterocycles. The number of carboxylic acids is 1. The molecule has 1 aromatic carbocycles. The van der Waals surface area contributed by atoms with E-state index < -0.39 is 18.1 Å². The van der Waals surface area contributed by atoms with E-state index in [1.165, 1.54) is 0 Å². The fourth-order valence-corrected chi connectivity index (χ4v) is 1.32. The zero-order valence-electron chi connectivity index (χ0n) is 8.34. The lowest BCUT2D eigenvalue weighted by atomic mass is 10.0. The van der Waals surface area contributed by atoms with Crippen molar-refractivity contribution in [2.24, 2.45) is 5.73 Å². The number of aliphatic hydroxyl groups is 1. The maximum atomic E-state index is 10.4. The van der Waals surface area contributed by atoms with Gasteiger partial charge in [0, 0.05) is 6.04 Å². The molecule has 0 aliphatic heterocycles. The molecule has 0 aliphatic rings. The summed E-state index contributed by atoms with van der Waals surface area (Å²) in [6, 6.07) is 8.90. The van der Waals surface area contributed by atoms with Crippen LogP contribution in [-0.4, -0.2) is 28.3 Å². The van der Waals surface area contributed by atoms with Crippen LogP contribution in [0, 0.1) is 0 Å². The number of nitrogens with two attached hydrogens (primary N) is 1. The van der Waals surface area contributed by atoms with Gasteiger partial charge in [-0.2, -0.15) is 0 Å². The molecule has 15 heavy (non-hydrogen) atoms. The first-order chi connectivity index (χ1) is 7.11. The van der Waals surface area contributed by atoms with Gasteiger partial charge in [-0.05, 0) is 18.4 Å². The number of hydrogen-bond acceptors (Lipinski definition) is 3. The summed E-state index contributed by atoms with van der Waals surface area (Å²) in [5.74, 6) is -1.27. The third kappa shape index (κ3) is 3.69. The third-order valence-electron chi connectivity index (χ3n) is 2.27. The molecule has 0 aliphatic carbocycles. The number of carboxylic acid groups (broad SMARTS) is 1. The van der Waals surface area contributed by atoms with E-state index in [0.717, 1.165) is 5.56 Å². The van der Waals surface area contributed by atoms with Gasteiger partial charge in [0.25, 0.3) is 0 Å². The summed E-state index contributed by atoms with van der Waals surface area (Å²) >= 11 is 0. The molecule has 0 fully saturated rings. The summed E-state index contributed by atoms with van der Waals surface area (Å²) in [7, 11) is 0. The van der Waals surface area contributed by atoms with E-state index >= 15 is 0 Å². The minimum Gasteiger partial charge on any atom is -0.479 e. The van der Waals surface area contributed by atoms with Crippen LogP contribution < -0.4 is 5.73 Å². The smallest absolute Gasteiger partial charge is 0.334 e. The second kappa shape index (κ2) is 5.48. The average molecular weight is 209 g/mol. The van der Waals surface area contributed by atoms with Crippen LogP contribution in [0.3, 0.4) is 0 Å². The van der Waals surface area contributed by atoms with Crippen LogP contribution in [0.1, 0.15) is 12.0 Å². The van der Waals surface area contributed by atoms with E-state index in [1.54, 1.807) is 0 Å². The SMILES string of the molecule is NC(CCc1ccccc1)C(O)C(=O)O. The zero-order chi connectivity index (χ0) is 11.3. The van der Waals surface area contributed by atoms with Gasteiger partial charge >= 0.3 is 5.97 Å². The molecule has 0 spiro atoms. The van der Waals surface area contributed by atoms with Crippen molar-refractivity contribution in [1.29, 1.82) is 0 Å². The predicted molar refractivity (Wildman–Crippen MR) is 56.4 cm³/mol. The van der Waals surface area contributed by atoms with Crippen molar-refractivity contribution >= 4 is 5.97 Å². The van der Waals surface area contributed by atoms with Crippen LogP contribution in [0.5, 0.6) is 0 Å². The Hall–Kier alpha value is -1.39. The summed E-state index contributed by atoms with van der Waals surface area (Å²) in [5.41, 5.74) is 6.62. The molecular weight excluding hydrogens is 194 g/mol. The summed E-state index contributed by atoms with van der Waals surface area (Å²) in [4.78, 5) is 10.4. The van der Waals surface area contributed by atoms with Crippen LogP contribution in [0.4, 0.5) is 0 Å². The number of aliphatic hydroxyl groups excluding tert-OH is 1. The van der Waals surface area contributed by atoms with E-state index in [9.17, 15) is 4.79 Å². The average Bonchev–Trinajstić information content (AvgIpc) is 2.26. The Bertz CT molecular complexity index is 313. The van der Waals surface area contributed by atoms with Crippen molar-refractivity contribution in [3.05, 3.63) is 35.9 Å². The highest BCUT2D eigenvalue weighted by Gasteiger charge is 2.21. The summed E-state index contributed by atoms with van der Waals surface area (Å²) in [5, 5.41) is 17.7. The summed E-state index contributed by atoms with van der Waals surface area (Å²) in [6.07, 6.45) is -0.349. The third-order valence-corrected chi connectivity index (χ3v) is 2.27. The fraction of sp³-hybridized carbons (Fsp3) is 0.364. The minimum atomic E-state index is -1.48. The van der Waals surface area contributed by atoms with E-state index in [-0.39, 0.29) is 0 Å². The Balaban J connectivity index is 2.41. The predicted octanol–water partition coefficient (Wildman–Crippen LogP) is 0.392. The van der Waals surface area contributed by atoms with Crippen molar-refractivity contribution in [3.8, 4) is 0 Å². The first-order valence-corrected chi connectivity index (χ1v) is 4.81. The Morgan fingerprint density at radius 3 is 2.47 bits per heavy atom. The number of hydrogen-bond donors (Lipinski definition) is 3. The van der Waals surface area contributed by atoms with Gasteiger partial charge in [-0.3, -0.25) is 0 Å². The standard InChI is InChI=1S/C11H15NO3/c12-9(10(13)11(14)15)7-6-8-4-2-1-3-5-8/h1-5,9-10,13H,6-7,12H2,(H,14,15). The van der Waals surface area contributed by atoms with Crippen molar-refractivity contribution in [3.63, 3.8) is 0 Å². The molecule has 0 saturated heterocycles. The quantitative estimate of drug-likeness (QED) is 0.655. The van der Waals surface area contributed by atoms with Crippen LogP contribution >= 0.6 is 0 Å².